The van der Waals surface area contributed by atoms with Crippen molar-refractivity contribution in [2.45, 2.75) is 43.7 Å². The first-order valence-corrected chi connectivity index (χ1v) is 7.78. The molecule has 21 heavy (non-hydrogen) atoms. The molecule has 1 aromatic rings. The first kappa shape index (κ1) is 16.0. The van der Waals surface area contributed by atoms with Crippen LogP contribution in [0, 0.1) is 0 Å². The number of nitrogens with two attached hydrogens (primary N) is 1. The van der Waals surface area contributed by atoms with E-state index in [2.05, 4.69) is 24.3 Å². The largest absolute Gasteiger partial charge is 0.353 e. The fraction of sp³-hybridized carbons (Fsp3) is 0.588. The quantitative estimate of drug-likeness (QED) is 0.835. The summed E-state index contributed by atoms with van der Waals surface area (Å²) in [6.07, 6.45) is 5.36. The molecule has 2 rings (SSSR count). The van der Waals surface area contributed by atoms with Gasteiger partial charge in [0.15, 0.2) is 0 Å². The standard InChI is InChI=1S/C17H27N3O/c1-20(2)17(10-6-7-11-17)13-19-16(21)15(18)12-14-8-4-3-5-9-14/h3-5,8-9,15H,6-7,10-13,18H2,1-2H3,(H,19,21). The molecule has 4 heteroatoms. The number of benzene rings is 1. The lowest BCUT2D eigenvalue weighted by molar-refractivity contribution is -0.122. The number of carbonyl (C=O) groups is 1. The van der Waals surface area contributed by atoms with Crippen molar-refractivity contribution in [1.29, 1.82) is 0 Å². The van der Waals surface area contributed by atoms with Gasteiger partial charge < -0.3 is 16.0 Å². The van der Waals surface area contributed by atoms with E-state index in [0.717, 1.165) is 18.4 Å². The van der Waals surface area contributed by atoms with Crippen LogP contribution in [-0.2, 0) is 11.2 Å². The van der Waals surface area contributed by atoms with Gasteiger partial charge in [0.1, 0.15) is 0 Å². The average molecular weight is 289 g/mol. The first-order chi connectivity index (χ1) is 10.0. The van der Waals surface area contributed by atoms with Crippen molar-refractivity contribution in [3.8, 4) is 0 Å². The van der Waals surface area contributed by atoms with Crippen molar-refractivity contribution in [3.05, 3.63) is 35.9 Å². The molecule has 1 saturated carbocycles. The molecule has 4 nitrogen and oxygen atoms in total. The maximum Gasteiger partial charge on any atom is 0.237 e. The Hall–Kier alpha value is -1.39. The molecule has 1 unspecified atom stereocenters. The van der Waals surface area contributed by atoms with E-state index in [0.29, 0.717) is 13.0 Å². The Morgan fingerprint density at radius 1 is 1.29 bits per heavy atom. The number of hydrogen-bond donors (Lipinski definition) is 2. The summed E-state index contributed by atoms with van der Waals surface area (Å²) in [5, 5.41) is 3.06. The monoisotopic (exact) mass is 289 g/mol. The second kappa shape index (κ2) is 7.05. The van der Waals surface area contributed by atoms with Crippen molar-refractivity contribution in [2.75, 3.05) is 20.6 Å². The Bertz CT molecular complexity index is 452. The highest BCUT2D eigenvalue weighted by Gasteiger charge is 2.36. The normalized spacial score (nSPS) is 18.7. The third kappa shape index (κ3) is 4.05. The van der Waals surface area contributed by atoms with Gasteiger partial charge in [0.2, 0.25) is 5.91 Å². The molecule has 0 aliphatic heterocycles. The highest BCUT2D eigenvalue weighted by atomic mass is 16.2. The van der Waals surface area contributed by atoms with Gasteiger partial charge in [-0.05, 0) is 38.9 Å². The van der Waals surface area contributed by atoms with E-state index in [1.165, 1.54) is 12.8 Å². The molecule has 1 fully saturated rings. The van der Waals surface area contributed by atoms with Crippen molar-refractivity contribution < 1.29 is 4.79 Å². The van der Waals surface area contributed by atoms with Crippen molar-refractivity contribution >= 4 is 5.91 Å². The van der Waals surface area contributed by atoms with Crippen LogP contribution in [0.15, 0.2) is 30.3 Å². The predicted octanol–water partition coefficient (Wildman–Crippen LogP) is 1.55. The van der Waals surface area contributed by atoms with E-state index >= 15 is 0 Å². The summed E-state index contributed by atoms with van der Waals surface area (Å²) in [6, 6.07) is 9.44. The fourth-order valence-electron chi connectivity index (χ4n) is 3.16. The molecule has 0 bridgehead atoms. The Kier molecular flexibility index (Phi) is 5.37. The summed E-state index contributed by atoms with van der Waals surface area (Å²) in [4.78, 5) is 14.5. The van der Waals surface area contributed by atoms with Crippen molar-refractivity contribution in [1.82, 2.24) is 10.2 Å². The zero-order valence-electron chi connectivity index (χ0n) is 13.1. The number of nitrogens with one attached hydrogen (secondary N) is 1. The second-order valence-electron chi connectivity index (χ2n) is 6.34. The third-order valence-electron chi connectivity index (χ3n) is 4.71. The number of hydrogen-bond acceptors (Lipinski definition) is 3. The maximum atomic E-state index is 12.2. The molecule has 1 aromatic carbocycles. The van der Waals surface area contributed by atoms with Gasteiger partial charge >= 0.3 is 0 Å². The molecule has 3 N–H and O–H groups in total. The number of nitrogens with zero attached hydrogens (tertiary/aromatic N) is 1. The summed E-state index contributed by atoms with van der Waals surface area (Å²) in [6.45, 7) is 0.696. The van der Waals surface area contributed by atoms with Crippen LogP contribution < -0.4 is 11.1 Å². The molecule has 1 aliphatic rings. The molecule has 1 amide bonds. The lowest BCUT2D eigenvalue weighted by Gasteiger charge is -2.36. The van der Waals surface area contributed by atoms with Crippen molar-refractivity contribution in [2.24, 2.45) is 5.73 Å². The smallest absolute Gasteiger partial charge is 0.237 e. The van der Waals surface area contributed by atoms with Crippen LogP contribution in [0.3, 0.4) is 0 Å². The topological polar surface area (TPSA) is 58.4 Å². The summed E-state index contributed by atoms with van der Waals surface area (Å²) < 4.78 is 0. The predicted molar refractivity (Wildman–Crippen MR) is 86.0 cm³/mol. The number of rotatable bonds is 6. The maximum absolute atomic E-state index is 12.2. The minimum absolute atomic E-state index is 0.0491. The number of amides is 1. The fourth-order valence-corrected chi connectivity index (χ4v) is 3.16. The van der Waals surface area contributed by atoms with Gasteiger partial charge in [0, 0.05) is 12.1 Å². The summed E-state index contributed by atoms with van der Waals surface area (Å²) >= 11 is 0. The molecule has 0 saturated heterocycles. The Labute approximate surface area is 127 Å². The van der Waals surface area contributed by atoms with Crippen LogP contribution in [0.2, 0.25) is 0 Å². The van der Waals surface area contributed by atoms with Gasteiger partial charge in [-0.15, -0.1) is 0 Å². The van der Waals surface area contributed by atoms with E-state index < -0.39 is 6.04 Å². The third-order valence-corrected chi connectivity index (χ3v) is 4.71. The Morgan fingerprint density at radius 2 is 1.90 bits per heavy atom. The number of carbonyl (C=O) groups excluding carboxylic acids is 1. The van der Waals surface area contributed by atoms with Crippen LogP contribution in [-0.4, -0.2) is 43.0 Å². The minimum Gasteiger partial charge on any atom is -0.353 e. The van der Waals surface area contributed by atoms with E-state index in [4.69, 9.17) is 5.73 Å². The van der Waals surface area contributed by atoms with Crippen LogP contribution in [0.25, 0.3) is 0 Å². The molecule has 1 atom stereocenters. The van der Waals surface area contributed by atoms with Crippen molar-refractivity contribution in [3.63, 3.8) is 0 Å². The molecule has 1 aliphatic carbocycles. The van der Waals surface area contributed by atoms with E-state index in [1.54, 1.807) is 0 Å². The summed E-state index contributed by atoms with van der Waals surface area (Å²) in [7, 11) is 4.20. The highest BCUT2D eigenvalue weighted by Crippen LogP contribution is 2.33. The van der Waals surface area contributed by atoms with E-state index in [9.17, 15) is 4.79 Å². The Balaban J connectivity index is 1.86. The lowest BCUT2D eigenvalue weighted by Crippen LogP contribution is -2.53. The first-order valence-electron chi connectivity index (χ1n) is 7.78. The number of likely N-dealkylation sites (N-methyl/N-ethyl adjacent to an activating group) is 1. The van der Waals surface area contributed by atoms with E-state index in [1.807, 2.05) is 30.3 Å². The molecule has 0 radical (unpaired) electrons. The molecule has 0 spiro atoms. The second-order valence-corrected chi connectivity index (χ2v) is 6.34. The minimum atomic E-state index is -0.479. The van der Waals surface area contributed by atoms with Crippen LogP contribution in [0.5, 0.6) is 0 Å². The van der Waals surface area contributed by atoms with Crippen LogP contribution >= 0.6 is 0 Å². The van der Waals surface area contributed by atoms with Gasteiger partial charge in [0.25, 0.3) is 0 Å². The van der Waals surface area contributed by atoms with Gasteiger partial charge in [-0.2, -0.15) is 0 Å². The SMILES string of the molecule is CN(C)C1(CNC(=O)C(N)Cc2ccccc2)CCCC1. The summed E-state index contributed by atoms with van der Waals surface area (Å²) in [5.41, 5.74) is 7.24. The van der Waals surface area contributed by atoms with Gasteiger partial charge in [-0.1, -0.05) is 43.2 Å². The Morgan fingerprint density at radius 3 is 2.48 bits per heavy atom. The van der Waals surface area contributed by atoms with Crippen LogP contribution in [0.1, 0.15) is 31.2 Å². The molecule has 0 aromatic heterocycles. The highest BCUT2D eigenvalue weighted by molar-refractivity contribution is 5.81. The zero-order chi connectivity index (χ0) is 15.3. The zero-order valence-corrected chi connectivity index (χ0v) is 13.1. The molecular formula is C17H27N3O. The average Bonchev–Trinajstić information content (AvgIpc) is 2.96. The van der Waals surface area contributed by atoms with E-state index in [-0.39, 0.29) is 11.4 Å². The summed E-state index contributed by atoms with van der Waals surface area (Å²) in [5.74, 6) is -0.0491. The van der Waals surface area contributed by atoms with Gasteiger partial charge in [0.05, 0.1) is 6.04 Å². The molecular weight excluding hydrogens is 262 g/mol. The molecule has 116 valence electrons. The molecule has 0 heterocycles. The van der Waals surface area contributed by atoms with Gasteiger partial charge in [-0.25, -0.2) is 0 Å². The lowest BCUT2D eigenvalue weighted by atomic mass is 9.95. The van der Waals surface area contributed by atoms with Crippen LogP contribution in [0.4, 0.5) is 0 Å². The van der Waals surface area contributed by atoms with Gasteiger partial charge in [-0.3, -0.25) is 4.79 Å².